The number of ether oxygens (including phenoxy) is 3. The van der Waals surface area contributed by atoms with E-state index in [9.17, 15) is 19.5 Å². The Kier molecular flexibility index (Phi) is 10.2. The number of thiazole rings is 1. The number of carbonyl (C=O) groups excluding carboxylic acids is 3. The SMILES string of the molecule is CCCCOc1ccc(C2/C(=C(\O)c3ccc(OCc4ccccc4C)cc3)C(=O)C(=O)N2c2nc(C)c(C(=O)OCC)s2)cc1. The van der Waals surface area contributed by atoms with Gasteiger partial charge in [-0.15, -0.1) is 0 Å². The fraction of sp³-hybridized carbons (Fsp3) is 0.278. The van der Waals surface area contributed by atoms with Gasteiger partial charge in [0.25, 0.3) is 5.78 Å². The molecule has 1 amide bonds. The van der Waals surface area contributed by atoms with Crippen molar-refractivity contribution in [1.82, 2.24) is 4.98 Å². The number of aryl methyl sites for hydroxylation is 2. The van der Waals surface area contributed by atoms with Crippen LogP contribution in [-0.2, 0) is 20.9 Å². The van der Waals surface area contributed by atoms with Crippen LogP contribution >= 0.6 is 11.3 Å². The minimum atomic E-state index is -1.01. The predicted octanol–water partition coefficient (Wildman–Crippen LogP) is 7.32. The third kappa shape index (κ3) is 6.82. The molecule has 1 fully saturated rings. The molecule has 1 saturated heterocycles. The molecule has 238 valence electrons. The fourth-order valence-corrected chi connectivity index (χ4v) is 6.08. The van der Waals surface area contributed by atoms with E-state index < -0.39 is 23.7 Å². The molecule has 0 aliphatic carbocycles. The van der Waals surface area contributed by atoms with Gasteiger partial charge in [-0.1, -0.05) is 61.1 Å². The van der Waals surface area contributed by atoms with E-state index in [1.54, 1.807) is 62.4 Å². The van der Waals surface area contributed by atoms with Gasteiger partial charge in [-0.05, 0) is 80.3 Å². The molecule has 3 aromatic carbocycles. The van der Waals surface area contributed by atoms with Crippen molar-refractivity contribution >= 4 is 39.9 Å². The first-order valence-electron chi connectivity index (χ1n) is 15.2. The van der Waals surface area contributed by atoms with Crippen molar-refractivity contribution in [2.75, 3.05) is 18.1 Å². The molecule has 5 rings (SSSR count). The number of benzene rings is 3. The van der Waals surface area contributed by atoms with Crippen LogP contribution in [0, 0.1) is 13.8 Å². The van der Waals surface area contributed by atoms with Crippen molar-refractivity contribution in [2.45, 2.75) is 53.2 Å². The molecule has 1 unspecified atom stereocenters. The molecule has 1 aromatic heterocycles. The predicted molar refractivity (Wildman–Crippen MR) is 176 cm³/mol. The van der Waals surface area contributed by atoms with Crippen LogP contribution in [0.3, 0.4) is 0 Å². The number of carbonyl (C=O) groups is 3. The second kappa shape index (κ2) is 14.4. The molecule has 10 heteroatoms. The number of rotatable bonds is 12. The molecule has 0 bridgehead atoms. The summed E-state index contributed by atoms with van der Waals surface area (Å²) in [6.45, 7) is 8.56. The molecule has 0 saturated carbocycles. The highest BCUT2D eigenvalue weighted by atomic mass is 32.1. The van der Waals surface area contributed by atoms with Crippen LogP contribution < -0.4 is 14.4 Å². The quantitative estimate of drug-likeness (QED) is 0.0563. The van der Waals surface area contributed by atoms with Crippen LogP contribution in [0.2, 0.25) is 0 Å². The Balaban J connectivity index is 1.52. The number of amides is 1. The lowest BCUT2D eigenvalue weighted by atomic mass is 9.95. The summed E-state index contributed by atoms with van der Waals surface area (Å²) in [7, 11) is 0. The summed E-state index contributed by atoms with van der Waals surface area (Å²) in [5, 5.41) is 11.7. The van der Waals surface area contributed by atoms with E-state index in [1.807, 2.05) is 31.2 Å². The maximum absolute atomic E-state index is 13.6. The Bertz CT molecular complexity index is 1760. The minimum Gasteiger partial charge on any atom is -0.507 e. The first kappa shape index (κ1) is 32.4. The van der Waals surface area contributed by atoms with Crippen molar-refractivity contribution < 1.29 is 33.7 Å². The number of anilines is 1. The zero-order chi connectivity index (χ0) is 32.8. The molecule has 46 heavy (non-hydrogen) atoms. The molecule has 1 atom stereocenters. The van der Waals surface area contributed by atoms with E-state index in [0.717, 1.165) is 35.3 Å². The highest BCUT2D eigenvalue weighted by Gasteiger charge is 2.48. The van der Waals surface area contributed by atoms with Crippen LogP contribution in [0.4, 0.5) is 5.13 Å². The van der Waals surface area contributed by atoms with Crippen molar-refractivity contribution in [1.29, 1.82) is 0 Å². The molecular weight excluding hydrogens is 604 g/mol. The molecule has 9 nitrogen and oxygen atoms in total. The molecule has 0 spiro atoms. The summed E-state index contributed by atoms with van der Waals surface area (Å²) in [6, 6.07) is 20.7. The maximum Gasteiger partial charge on any atom is 0.350 e. The van der Waals surface area contributed by atoms with Crippen LogP contribution in [0.15, 0.2) is 78.4 Å². The monoisotopic (exact) mass is 640 g/mol. The zero-order valence-corrected chi connectivity index (χ0v) is 27.1. The number of aliphatic hydroxyl groups excluding tert-OH is 1. The summed E-state index contributed by atoms with van der Waals surface area (Å²) >= 11 is 0.964. The fourth-order valence-electron chi connectivity index (χ4n) is 5.09. The summed E-state index contributed by atoms with van der Waals surface area (Å²) in [5.41, 5.74) is 3.36. The third-order valence-corrected chi connectivity index (χ3v) is 8.78. The number of esters is 1. The van der Waals surface area contributed by atoms with Crippen LogP contribution in [-0.4, -0.2) is 41.0 Å². The van der Waals surface area contributed by atoms with Gasteiger partial charge in [0.2, 0.25) is 0 Å². The van der Waals surface area contributed by atoms with E-state index in [1.165, 1.54) is 4.90 Å². The Morgan fingerprint density at radius 1 is 0.935 bits per heavy atom. The van der Waals surface area contributed by atoms with Crippen LogP contribution in [0.1, 0.15) is 70.4 Å². The Labute approximate surface area is 272 Å². The first-order valence-corrected chi connectivity index (χ1v) is 16.0. The number of unbranched alkanes of at least 4 members (excludes halogenated alkanes) is 1. The van der Waals surface area contributed by atoms with E-state index >= 15 is 0 Å². The highest BCUT2D eigenvalue weighted by Crippen LogP contribution is 2.44. The Morgan fingerprint density at radius 3 is 2.28 bits per heavy atom. The third-order valence-electron chi connectivity index (χ3n) is 7.64. The lowest BCUT2D eigenvalue weighted by Crippen LogP contribution is -2.29. The van der Waals surface area contributed by atoms with Gasteiger partial charge >= 0.3 is 11.9 Å². The molecule has 4 aromatic rings. The van der Waals surface area contributed by atoms with E-state index in [2.05, 4.69) is 11.9 Å². The molecule has 2 heterocycles. The van der Waals surface area contributed by atoms with Crippen molar-refractivity contribution in [3.8, 4) is 11.5 Å². The number of hydrogen-bond acceptors (Lipinski definition) is 9. The number of Topliss-reactive ketones (excluding diaryl/α,β-unsaturated/α-hetero) is 1. The molecule has 1 aliphatic heterocycles. The van der Waals surface area contributed by atoms with Crippen molar-refractivity contribution in [2.24, 2.45) is 0 Å². The second-order valence-electron chi connectivity index (χ2n) is 10.8. The summed E-state index contributed by atoms with van der Waals surface area (Å²) in [4.78, 5) is 45.8. The van der Waals surface area contributed by atoms with Gasteiger partial charge in [0, 0.05) is 5.56 Å². The first-order chi connectivity index (χ1) is 22.2. The molecule has 0 radical (unpaired) electrons. The lowest BCUT2D eigenvalue weighted by Gasteiger charge is -2.23. The number of aromatic nitrogens is 1. The standard InChI is InChI=1S/C36H36N2O7S/c1-5-7-20-44-27-16-12-24(13-17-27)30-29(32(40)34(41)38(30)36-37-23(4)33(46-36)35(42)43-6-2)31(39)25-14-18-28(19-15-25)45-21-26-11-9-8-10-22(26)3/h8-19,30,39H,5-7,20-21H2,1-4H3/b31-29+. The minimum absolute atomic E-state index is 0.0937. The lowest BCUT2D eigenvalue weighted by molar-refractivity contribution is -0.132. The smallest absolute Gasteiger partial charge is 0.350 e. The molecule has 1 N–H and O–H groups in total. The van der Waals surface area contributed by atoms with E-state index in [4.69, 9.17) is 14.2 Å². The molecule has 1 aliphatic rings. The average molecular weight is 641 g/mol. The van der Waals surface area contributed by atoms with Crippen LogP contribution in [0.25, 0.3) is 5.76 Å². The van der Waals surface area contributed by atoms with Gasteiger partial charge in [-0.3, -0.25) is 14.5 Å². The number of ketones is 1. The maximum atomic E-state index is 13.6. The number of hydrogen-bond donors (Lipinski definition) is 1. The van der Waals surface area contributed by atoms with E-state index in [0.29, 0.717) is 41.5 Å². The summed E-state index contributed by atoms with van der Waals surface area (Å²) in [6.07, 6.45) is 1.90. The number of nitrogens with zero attached hydrogens (tertiary/aromatic N) is 2. The second-order valence-corrected chi connectivity index (χ2v) is 11.8. The van der Waals surface area contributed by atoms with Gasteiger partial charge in [-0.2, -0.15) is 0 Å². The van der Waals surface area contributed by atoms with Crippen molar-refractivity contribution in [3.63, 3.8) is 0 Å². The largest absolute Gasteiger partial charge is 0.507 e. The highest BCUT2D eigenvalue weighted by molar-refractivity contribution is 7.17. The summed E-state index contributed by atoms with van der Waals surface area (Å²) < 4.78 is 16.9. The van der Waals surface area contributed by atoms with Gasteiger partial charge in [0.15, 0.2) is 5.13 Å². The topological polar surface area (TPSA) is 115 Å². The Hall–Kier alpha value is -4.96. The van der Waals surface area contributed by atoms with Gasteiger partial charge in [0.1, 0.15) is 28.7 Å². The number of aliphatic hydroxyl groups is 1. The van der Waals surface area contributed by atoms with Gasteiger partial charge < -0.3 is 19.3 Å². The van der Waals surface area contributed by atoms with Gasteiger partial charge in [0.05, 0.1) is 30.5 Å². The van der Waals surface area contributed by atoms with E-state index in [-0.39, 0.29) is 27.9 Å². The van der Waals surface area contributed by atoms with Crippen molar-refractivity contribution in [3.05, 3.63) is 111 Å². The average Bonchev–Trinajstić information content (AvgIpc) is 3.57. The normalized spacial score (nSPS) is 15.7. The van der Waals surface area contributed by atoms with Crippen LogP contribution in [0.5, 0.6) is 11.5 Å². The zero-order valence-electron chi connectivity index (χ0n) is 26.2. The summed E-state index contributed by atoms with van der Waals surface area (Å²) in [5.74, 6) is -1.40. The Morgan fingerprint density at radius 2 is 1.61 bits per heavy atom. The van der Waals surface area contributed by atoms with Gasteiger partial charge in [-0.25, -0.2) is 9.78 Å². The molecular formula is C36H36N2O7S.